The monoisotopic (exact) mass is 397 g/mol. The van der Waals surface area contributed by atoms with Gasteiger partial charge >= 0.3 is 0 Å². The molecule has 30 heavy (non-hydrogen) atoms. The minimum Gasteiger partial charge on any atom is -0.306 e. The Kier molecular flexibility index (Phi) is 5.52. The summed E-state index contributed by atoms with van der Waals surface area (Å²) in [6, 6.07) is 7.34. The summed E-state index contributed by atoms with van der Waals surface area (Å²) in [4.78, 5) is 49.0. The van der Waals surface area contributed by atoms with Gasteiger partial charge in [0, 0.05) is 37.5 Å². The Morgan fingerprint density at radius 3 is 2.87 bits per heavy atom. The molecule has 0 fully saturated rings. The number of hydrogen-bond acceptors (Lipinski definition) is 7. The molecule has 2 amide bonds. The largest absolute Gasteiger partial charge is 0.306 e. The molecule has 9 heteroatoms. The van der Waals surface area contributed by atoms with E-state index < -0.39 is 0 Å². The van der Waals surface area contributed by atoms with Crippen molar-refractivity contribution in [2.75, 3.05) is 5.32 Å². The van der Waals surface area contributed by atoms with Crippen LogP contribution in [0.1, 0.15) is 12.0 Å². The molecule has 0 aliphatic carbocycles. The first-order valence-electron chi connectivity index (χ1n) is 8.99. The van der Waals surface area contributed by atoms with Crippen LogP contribution in [0.2, 0.25) is 0 Å². The number of amides is 2. The highest BCUT2D eigenvalue weighted by Crippen LogP contribution is 2.14. The van der Waals surface area contributed by atoms with Gasteiger partial charge in [0.2, 0.25) is 5.91 Å². The van der Waals surface area contributed by atoms with E-state index in [0.717, 1.165) is 5.56 Å². The molecule has 4 rings (SSSR count). The van der Waals surface area contributed by atoms with E-state index in [1.807, 2.05) is 24.3 Å². The SMILES string of the molecule is O=C1C/C=C\N=Cc2cccc(c2)N=CC2=c3c(ncnc3=N/C=C\C=N1)NC2=O. The van der Waals surface area contributed by atoms with Gasteiger partial charge in [-0.2, -0.15) is 0 Å². The Bertz CT molecular complexity index is 1290. The zero-order valence-corrected chi connectivity index (χ0v) is 15.6. The summed E-state index contributed by atoms with van der Waals surface area (Å²) in [5, 5.41) is 3.15. The van der Waals surface area contributed by atoms with Gasteiger partial charge in [-0.05, 0) is 23.8 Å². The van der Waals surface area contributed by atoms with Gasteiger partial charge in [-0.1, -0.05) is 18.2 Å². The van der Waals surface area contributed by atoms with Crippen molar-refractivity contribution in [3.63, 3.8) is 0 Å². The first kappa shape index (κ1) is 18.9. The molecule has 0 saturated carbocycles. The molecule has 146 valence electrons. The number of nitrogens with one attached hydrogen (secondary N) is 1. The van der Waals surface area contributed by atoms with Crippen LogP contribution < -0.4 is 16.0 Å². The lowest BCUT2D eigenvalue weighted by atomic mass is 10.2. The van der Waals surface area contributed by atoms with E-state index in [2.05, 4.69) is 35.3 Å². The smallest absolute Gasteiger partial charge is 0.259 e. The van der Waals surface area contributed by atoms with E-state index >= 15 is 0 Å². The van der Waals surface area contributed by atoms with Crippen LogP contribution in [0.3, 0.4) is 0 Å². The number of aliphatic imine (C=N–C) groups is 3. The molecule has 0 saturated heterocycles. The van der Waals surface area contributed by atoms with Crippen LogP contribution in [0.4, 0.5) is 11.5 Å². The van der Waals surface area contributed by atoms with Crippen molar-refractivity contribution in [1.29, 1.82) is 0 Å². The van der Waals surface area contributed by atoms with Gasteiger partial charge in [0.05, 0.1) is 16.5 Å². The predicted octanol–water partition coefficient (Wildman–Crippen LogP) is 1.05. The number of nitrogens with zero attached hydrogens (tertiary/aromatic N) is 6. The first-order valence-corrected chi connectivity index (χ1v) is 8.99. The number of aromatic nitrogens is 2. The summed E-state index contributed by atoms with van der Waals surface area (Å²) in [5.74, 6) is -0.284. The van der Waals surface area contributed by atoms with Crippen LogP contribution in [-0.2, 0) is 9.59 Å². The topological polar surface area (TPSA) is 121 Å². The second kappa shape index (κ2) is 8.74. The van der Waals surface area contributed by atoms with Crippen molar-refractivity contribution >= 4 is 47.5 Å². The van der Waals surface area contributed by atoms with Crippen molar-refractivity contribution in [3.05, 3.63) is 71.4 Å². The molecular formula is C21H15N7O2. The molecule has 0 atom stereocenters. The zero-order chi connectivity index (χ0) is 20.8. The molecule has 0 unspecified atom stereocenters. The second-order valence-electron chi connectivity index (χ2n) is 6.15. The van der Waals surface area contributed by atoms with E-state index in [9.17, 15) is 9.59 Å². The summed E-state index contributed by atoms with van der Waals surface area (Å²) in [7, 11) is 0. The number of carbonyl (C=O) groups excluding carboxylic acids is 2. The minimum absolute atomic E-state index is 0.134. The fourth-order valence-electron chi connectivity index (χ4n) is 2.73. The number of allylic oxidation sites excluding steroid dienone is 1. The van der Waals surface area contributed by atoms with Crippen LogP contribution in [0.25, 0.3) is 5.57 Å². The van der Waals surface area contributed by atoms with Gasteiger partial charge in [-0.3, -0.25) is 19.6 Å². The molecule has 2 aliphatic heterocycles. The van der Waals surface area contributed by atoms with Gasteiger partial charge < -0.3 is 5.32 Å². The number of rotatable bonds is 0. The van der Waals surface area contributed by atoms with Crippen molar-refractivity contribution in [3.8, 4) is 0 Å². The van der Waals surface area contributed by atoms with Crippen LogP contribution in [0.15, 0.2) is 75.1 Å². The van der Waals surface area contributed by atoms with E-state index in [1.54, 1.807) is 12.3 Å². The highest BCUT2D eigenvalue weighted by atomic mass is 16.2. The molecule has 2 bridgehead atoms. The van der Waals surface area contributed by atoms with Crippen LogP contribution in [-0.4, -0.2) is 40.4 Å². The number of carbonyl (C=O) groups is 2. The highest BCUT2D eigenvalue weighted by molar-refractivity contribution is 6.40. The quantitative estimate of drug-likeness (QED) is 0.714. The summed E-state index contributed by atoms with van der Waals surface area (Å²) < 4.78 is 0. The average molecular weight is 397 g/mol. The molecule has 1 N–H and O–H groups in total. The maximum atomic E-state index is 12.4. The third-order valence-electron chi connectivity index (χ3n) is 4.08. The average Bonchev–Trinajstić information content (AvgIpc) is 3.07. The van der Waals surface area contributed by atoms with Crippen LogP contribution in [0, 0.1) is 0 Å². The van der Waals surface area contributed by atoms with E-state index in [-0.39, 0.29) is 18.2 Å². The maximum Gasteiger partial charge on any atom is 0.259 e. The van der Waals surface area contributed by atoms with Gasteiger partial charge in [0.15, 0.2) is 5.49 Å². The molecule has 0 radical (unpaired) electrons. The van der Waals surface area contributed by atoms with E-state index in [4.69, 9.17) is 0 Å². The maximum absolute atomic E-state index is 12.4. The minimum atomic E-state index is -0.337. The lowest BCUT2D eigenvalue weighted by molar-refractivity contribution is -0.117. The van der Waals surface area contributed by atoms with Crippen molar-refractivity contribution in [2.45, 2.75) is 6.42 Å². The molecular weight excluding hydrogens is 382 g/mol. The number of anilines is 1. The Morgan fingerprint density at radius 2 is 1.93 bits per heavy atom. The van der Waals surface area contributed by atoms with Crippen molar-refractivity contribution < 1.29 is 9.59 Å². The summed E-state index contributed by atoms with van der Waals surface area (Å²) in [6.07, 6.45) is 12.0. The van der Waals surface area contributed by atoms with E-state index in [0.29, 0.717) is 27.8 Å². The van der Waals surface area contributed by atoms with Gasteiger partial charge in [-0.25, -0.2) is 20.0 Å². The molecule has 1 aromatic carbocycles. The highest BCUT2D eigenvalue weighted by Gasteiger charge is 2.21. The fraction of sp³-hybridized carbons (Fsp3) is 0.0476. The number of fused-ring (bicyclic) bond motifs is 2. The summed E-state index contributed by atoms with van der Waals surface area (Å²) in [5.41, 5.74) is 2.08. The fourth-order valence-corrected chi connectivity index (χ4v) is 2.73. The lowest BCUT2D eigenvalue weighted by Gasteiger charge is -1.96. The second-order valence-corrected chi connectivity index (χ2v) is 6.15. The van der Waals surface area contributed by atoms with E-state index in [1.165, 1.54) is 37.2 Å². The first-order chi connectivity index (χ1) is 14.7. The molecule has 3 heterocycles. The Balaban J connectivity index is 1.85. The third-order valence-corrected chi connectivity index (χ3v) is 4.08. The predicted molar refractivity (Wildman–Crippen MR) is 113 cm³/mol. The molecule has 0 spiro atoms. The molecule has 1 aromatic heterocycles. The normalized spacial score (nSPS) is 17.9. The zero-order valence-electron chi connectivity index (χ0n) is 15.6. The summed E-state index contributed by atoms with van der Waals surface area (Å²) >= 11 is 0. The molecule has 9 nitrogen and oxygen atoms in total. The Labute approximate surface area is 170 Å². The van der Waals surface area contributed by atoms with Crippen molar-refractivity contribution in [1.82, 2.24) is 9.97 Å². The Morgan fingerprint density at radius 1 is 1.00 bits per heavy atom. The van der Waals surface area contributed by atoms with Crippen LogP contribution in [0.5, 0.6) is 0 Å². The number of hydrogen-bond donors (Lipinski definition) is 1. The molecule has 2 aliphatic rings. The van der Waals surface area contributed by atoms with Gasteiger partial charge in [-0.15, -0.1) is 0 Å². The summed E-state index contributed by atoms with van der Waals surface area (Å²) in [6.45, 7) is 0. The van der Waals surface area contributed by atoms with Gasteiger partial charge in [0.25, 0.3) is 5.91 Å². The van der Waals surface area contributed by atoms with Crippen molar-refractivity contribution in [2.24, 2.45) is 20.0 Å². The lowest BCUT2D eigenvalue weighted by Crippen LogP contribution is -2.30. The third kappa shape index (κ3) is 4.36. The molecule has 2 aromatic rings. The number of benzene rings is 1. The standard InChI is InChI=1S/C21H15N7O2/c29-17-6-2-7-22-11-14-4-1-5-15(10-14)25-12-16-18-19(24-9-3-8-23-17)26-13-27-20(18)28-21(16)30/h1-5,7-13H,6H2,(H,24,26,27,28,30)/b7-2-,9-3-,22-11?,23-8?,25-12?. The van der Waals surface area contributed by atoms with Gasteiger partial charge in [0.1, 0.15) is 12.1 Å². The van der Waals surface area contributed by atoms with Crippen LogP contribution >= 0.6 is 0 Å². The Hall–Kier alpha value is -4.40.